The van der Waals surface area contributed by atoms with Crippen molar-refractivity contribution in [1.82, 2.24) is 4.90 Å². The van der Waals surface area contributed by atoms with Gasteiger partial charge in [0.25, 0.3) is 0 Å². The molecule has 1 aromatic heterocycles. The summed E-state index contributed by atoms with van der Waals surface area (Å²) in [5, 5.41) is 0. The summed E-state index contributed by atoms with van der Waals surface area (Å²) in [6.07, 6.45) is 3.15. The molecule has 7 heteroatoms. The number of furan rings is 1. The van der Waals surface area contributed by atoms with Crippen molar-refractivity contribution < 1.29 is 22.4 Å². The maximum absolute atomic E-state index is 13.6. The first-order chi connectivity index (χ1) is 10.9. The molecule has 0 saturated carbocycles. The van der Waals surface area contributed by atoms with Crippen molar-refractivity contribution in [1.29, 1.82) is 0 Å². The third-order valence-corrected chi connectivity index (χ3v) is 3.92. The molecule has 0 aliphatic carbocycles. The Hall–Kier alpha value is -2.28. The highest BCUT2D eigenvalue weighted by molar-refractivity contribution is 5.77. The van der Waals surface area contributed by atoms with Gasteiger partial charge in [-0.15, -0.1) is 0 Å². The van der Waals surface area contributed by atoms with Crippen LogP contribution in [0.4, 0.5) is 13.2 Å². The zero-order valence-corrected chi connectivity index (χ0v) is 12.2. The summed E-state index contributed by atoms with van der Waals surface area (Å²) < 4.78 is 44.7. The number of amides is 1. The second-order valence-electron chi connectivity index (χ2n) is 5.70. The Morgan fingerprint density at radius 3 is 2.39 bits per heavy atom. The molecule has 0 saturated heterocycles. The fraction of sp³-hybridized carbons (Fsp3) is 0.312. The van der Waals surface area contributed by atoms with Gasteiger partial charge in [-0.3, -0.25) is 4.79 Å². The van der Waals surface area contributed by atoms with Crippen LogP contribution < -0.4 is 5.73 Å². The highest BCUT2D eigenvalue weighted by Crippen LogP contribution is 2.24. The van der Waals surface area contributed by atoms with Crippen molar-refractivity contribution >= 4 is 5.91 Å². The van der Waals surface area contributed by atoms with Gasteiger partial charge >= 0.3 is 0 Å². The third kappa shape index (κ3) is 3.24. The van der Waals surface area contributed by atoms with E-state index in [-0.39, 0.29) is 24.3 Å². The average molecular weight is 324 g/mol. The summed E-state index contributed by atoms with van der Waals surface area (Å²) in [6.45, 7) is 0.911. The van der Waals surface area contributed by atoms with Crippen LogP contribution in [0.3, 0.4) is 0 Å². The van der Waals surface area contributed by atoms with Gasteiger partial charge in [-0.05, 0) is 18.1 Å². The van der Waals surface area contributed by atoms with E-state index in [1.807, 2.05) is 0 Å². The third-order valence-electron chi connectivity index (χ3n) is 3.92. The molecule has 1 amide bonds. The Morgan fingerprint density at radius 2 is 1.74 bits per heavy atom. The molecule has 2 aromatic rings. The van der Waals surface area contributed by atoms with Crippen LogP contribution in [-0.2, 0) is 24.3 Å². The van der Waals surface area contributed by atoms with Crippen LogP contribution in [0, 0.1) is 17.5 Å². The Kier molecular flexibility index (Phi) is 4.12. The van der Waals surface area contributed by atoms with E-state index in [1.165, 1.54) is 0 Å². The van der Waals surface area contributed by atoms with Crippen LogP contribution in [0.15, 0.2) is 29.1 Å². The Labute approximate surface area is 130 Å². The van der Waals surface area contributed by atoms with Gasteiger partial charge in [0.15, 0.2) is 11.6 Å². The van der Waals surface area contributed by atoms with Crippen LogP contribution >= 0.6 is 0 Å². The van der Waals surface area contributed by atoms with Crippen molar-refractivity contribution in [2.24, 2.45) is 5.73 Å². The number of benzene rings is 1. The van der Waals surface area contributed by atoms with Crippen molar-refractivity contribution in [3.63, 3.8) is 0 Å². The number of hydrogen-bond donors (Lipinski definition) is 1. The lowest BCUT2D eigenvalue weighted by Crippen LogP contribution is -2.34. The van der Waals surface area contributed by atoms with Gasteiger partial charge < -0.3 is 15.1 Å². The maximum atomic E-state index is 13.6. The van der Waals surface area contributed by atoms with Gasteiger partial charge in [0.05, 0.1) is 12.5 Å². The van der Waals surface area contributed by atoms with E-state index in [2.05, 4.69) is 0 Å². The fourth-order valence-corrected chi connectivity index (χ4v) is 2.70. The molecule has 122 valence electrons. The molecule has 0 fully saturated rings. The number of nitrogens with two attached hydrogens (primary N) is 1. The highest BCUT2D eigenvalue weighted by atomic mass is 19.2. The molecular formula is C16H15F3N2O2. The lowest BCUT2D eigenvalue weighted by molar-refractivity contribution is -0.132. The molecule has 0 spiro atoms. The summed E-state index contributed by atoms with van der Waals surface area (Å²) in [5.74, 6) is -3.42. The molecule has 0 unspecified atom stereocenters. The number of carbonyl (C=O) groups is 1. The van der Waals surface area contributed by atoms with E-state index in [9.17, 15) is 18.0 Å². The zero-order chi connectivity index (χ0) is 16.6. The molecular weight excluding hydrogens is 309 g/mol. The lowest BCUT2D eigenvalue weighted by atomic mass is 10.0. The van der Waals surface area contributed by atoms with E-state index in [0.717, 1.165) is 17.2 Å². The van der Waals surface area contributed by atoms with E-state index in [0.29, 0.717) is 19.2 Å². The first kappa shape index (κ1) is 15.6. The van der Waals surface area contributed by atoms with Crippen molar-refractivity contribution in [2.45, 2.75) is 32.0 Å². The van der Waals surface area contributed by atoms with Gasteiger partial charge in [-0.2, -0.15) is 0 Å². The molecule has 2 heterocycles. The summed E-state index contributed by atoms with van der Waals surface area (Å²) in [7, 11) is 0. The lowest BCUT2D eigenvalue weighted by Gasteiger charge is -2.19. The van der Waals surface area contributed by atoms with Gasteiger partial charge in [0.1, 0.15) is 5.82 Å². The van der Waals surface area contributed by atoms with Gasteiger partial charge in [0, 0.05) is 42.7 Å². The summed E-state index contributed by atoms with van der Waals surface area (Å²) in [4.78, 5) is 13.8. The molecule has 23 heavy (non-hydrogen) atoms. The largest absolute Gasteiger partial charge is 0.472 e. The molecule has 2 N–H and O–H groups in total. The normalized spacial score (nSPS) is 14.9. The first-order valence-corrected chi connectivity index (χ1v) is 7.14. The monoisotopic (exact) mass is 324 g/mol. The Morgan fingerprint density at radius 1 is 1.13 bits per heavy atom. The Bertz CT molecular complexity index is 724. The summed E-state index contributed by atoms with van der Waals surface area (Å²) >= 11 is 0. The zero-order valence-electron chi connectivity index (χ0n) is 12.2. The molecule has 1 aliphatic rings. The van der Waals surface area contributed by atoms with E-state index >= 15 is 0 Å². The van der Waals surface area contributed by atoms with Gasteiger partial charge in [-0.25, -0.2) is 13.2 Å². The topological polar surface area (TPSA) is 59.5 Å². The van der Waals surface area contributed by atoms with Crippen LogP contribution in [0.25, 0.3) is 0 Å². The summed E-state index contributed by atoms with van der Waals surface area (Å²) in [5.41, 5.74) is 7.74. The fourth-order valence-electron chi connectivity index (χ4n) is 2.70. The maximum Gasteiger partial charge on any atom is 0.224 e. The van der Waals surface area contributed by atoms with Crippen LogP contribution in [0.1, 0.15) is 23.1 Å². The van der Waals surface area contributed by atoms with E-state index < -0.39 is 23.5 Å². The molecule has 3 rings (SSSR count). The molecule has 4 nitrogen and oxygen atoms in total. The minimum Gasteiger partial charge on any atom is -0.472 e. The average Bonchev–Trinajstić information content (AvgIpc) is 3.05. The van der Waals surface area contributed by atoms with Crippen molar-refractivity contribution in [3.8, 4) is 0 Å². The molecule has 0 bridgehead atoms. The number of rotatable bonds is 4. The smallest absolute Gasteiger partial charge is 0.224 e. The van der Waals surface area contributed by atoms with Gasteiger partial charge in [-0.1, -0.05) is 0 Å². The molecule has 1 aromatic carbocycles. The summed E-state index contributed by atoms with van der Waals surface area (Å²) in [6, 6.07) is 0.587. The van der Waals surface area contributed by atoms with Crippen molar-refractivity contribution in [2.75, 3.05) is 0 Å². The van der Waals surface area contributed by atoms with E-state index in [4.69, 9.17) is 10.2 Å². The first-order valence-electron chi connectivity index (χ1n) is 7.14. The number of carbonyl (C=O) groups excluding carboxylic acids is 1. The van der Waals surface area contributed by atoms with Gasteiger partial charge in [0.2, 0.25) is 5.91 Å². The van der Waals surface area contributed by atoms with Crippen LogP contribution in [-0.4, -0.2) is 16.8 Å². The van der Waals surface area contributed by atoms with Crippen LogP contribution in [0.5, 0.6) is 0 Å². The standard InChI is InChI=1S/C16H15F3N2O2/c17-13-4-15(19)14(18)2-9(13)1-12(20)3-16(22)21-5-10-7-23-8-11(10)6-21/h2,4,7-8,12H,1,3,5-6,20H2/t12-/m1/s1. The quantitative estimate of drug-likeness (QED) is 0.879. The number of hydrogen-bond acceptors (Lipinski definition) is 3. The van der Waals surface area contributed by atoms with Crippen LogP contribution in [0.2, 0.25) is 0 Å². The SMILES string of the molecule is N[C@@H](CC(=O)N1Cc2cocc2C1)Cc1cc(F)c(F)cc1F. The second-order valence-corrected chi connectivity index (χ2v) is 5.70. The molecule has 0 radical (unpaired) electrons. The van der Waals surface area contributed by atoms with E-state index in [1.54, 1.807) is 17.4 Å². The highest BCUT2D eigenvalue weighted by Gasteiger charge is 2.26. The molecule has 1 aliphatic heterocycles. The minimum atomic E-state index is -1.25. The predicted octanol–water partition coefficient (Wildman–Crippen LogP) is 2.50. The number of nitrogens with zero attached hydrogens (tertiary/aromatic N) is 1. The van der Waals surface area contributed by atoms with Crippen molar-refractivity contribution in [3.05, 3.63) is 58.8 Å². The number of fused-ring (bicyclic) bond motifs is 1. The minimum absolute atomic E-state index is 0.000146. The Balaban J connectivity index is 1.59. The number of halogens is 3. The second kappa shape index (κ2) is 6.08. The molecule has 1 atom stereocenters. The predicted molar refractivity (Wildman–Crippen MR) is 75.6 cm³/mol.